The van der Waals surface area contributed by atoms with E-state index >= 15 is 0 Å². The Bertz CT molecular complexity index is 468. The molecule has 0 aromatic heterocycles. The molecule has 1 unspecified atom stereocenters. The Balaban J connectivity index is 1.82. The molecule has 1 fully saturated rings. The van der Waals surface area contributed by atoms with Crippen molar-refractivity contribution in [1.82, 2.24) is 0 Å². The fourth-order valence-electron chi connectivity index (χ4n) is 4.09. The third kappa shape index (κ3) is 2.98. The highest BCUT2D eigenvalue weighted by atomic mass is 32.2. The van der Waals surface area contributed by atoms with Gasteiger partial charge < -0.3 is 0 Å². The third-order valence-corrected chi connectivity index (χ3v) is 5.77. The lowest BCUT2D eigenvalue weighted by Gasteiger charge is -2.32. The van der Waals surface area contributed by atoms with Crippen molar-refractivity contribution in [1.29, 1.82) is 0 Å². The second-order valence-electron chi connectivity index (χ2n) is 6.31. The average Bonchev–Trinajstić information content (AvgIpc) is 2.93. The van der Waals surface area contributed by atoms with Gasteiger partial charge in [0.1, 0.15) is 0 Å². The lowest BCUT2D eigenvalue weighted by Crippen LogP contribution is -2.20. The minimum Gasteiger partial charge on any atom is -0.165 e. The van der Waals surface area contributed by atoms with Gasteiger partial charge in [0.15, 0.2) is 0 Å². The highest BCUT2D eigenvalue weighted by Gasteiger charge is 2.29. The standard InChI is InChI=1S/C19H26S/c1-20-14-13-18(15-7-3-2-4-8-15)19-12-11-16-9-5-6-10-17(16)19/h5-6,9-10,12,15,18H,2-4,7-8,11,13-14H2,1H3. The molecular formula is C19H26S. The Hall–Kier alpha value is -0.690. The predicted molar refractivity (Wildman–Crippen MR) is 91.2 cm³/mol. The fourth-order valence-corrected chi connectivity index (χ4v) is 4.58. The molecule has 0 saturated heterocycles. The largest absolute Gasteiger partial charge is 0.165 e. The second kappa shape index (κ2) is 6.85. The Morgan fingerprint density at radius 3 is 2.75 bits per heavy atom. The predicted octanol–water partition coefficient (Wildman–Crippen LogP) is 5.58. The van der Waals surface area contributed by atoms with Crippen LogP contribution in [0.25, 0.3) is 5.57 Å². The Morgan fingerprint density at radius 2 is 1.95 bits per heavy atom. The summed E-state index contributed by atoms with van der Waals surface area (Å²) >= 11 is 2.01. The Labute approximate surface area is 128 Å². The first-order valence-corrected chi connectivity index (χ1v) is 9.57. The third-order valence-electron chi connectivity index (χ3n) is 5.12. The van der Waals surface area contributed by atoms with E-state index in [9.17, 15) is 0 Å². The number of thioether (sulfide) groups is 1. The molecule has 2 aliphatic rings. The molecule has 1 aromatic carbocycles. The first-order chi connectivity index (χ1) is 9.90. The maximum absolute atomic E-state index is 2.53. The molecule has 1 saturated carbocycles. The summed E-state index contributed by atoms with van der Waals surface area (Å²) in [5.41, 5.74) is 4.79. The molecule has 0 nitrogen and oxygen atoms in total. The Morgan fingerprint density at radius 1 is 1.15 bits per heavy atom. The van der Waals surface area contributed by atoms with E-state index in [4.69, 9.17) is 0 Å². The number of hydrogen-bond acceptors (Lipinski definition) is 1. The minimum absolute atomic E-state index is 0.811. The van der Waals surface area contributed by atoms with Crippen LogP contribution in [0.3, 0.4) is 0 Å². The van der Waals surface area contributed by atoms with Crippen molar-refractivity contribution in [3.63, 3.8) is 0 Å². The molecule has 1 aromatic rings. The van der Waals surface area contributed by atoms with Gasteiger partial charge in [-0.3, -0.25) is 0 Å². The monoisotopic (exact) mass is 286 g/mol. The first kappa shape index (κ1) is 14.3. The van der Waals surface area contributed by atoms with Crippen LogP contribution in [-0.2, 0) is 6.42 Å². The number of benzene rings is 1. The summed E-state index contributed by atoms with van der Waals surface area (Å²) in [7, 11) is 0. The van der Waals surface area contributed by atoms with Crippen LogP contribution in [0.5, 0.6) is 0 Å². The minimum atomic E-state index is 0.811. The molecule has 0 radical (unpaired) electrons. The molecule has 0 N–H and O–H groups in total. The molecule has 1 atom stereocenters. The molecule has 0 heterocycles. The molecule has 108 valence electrons. The summed E-state index contributed by atoms with van der Waals surface area (Å²) in [5.74, 6) is 3.06. The van der Waals surface area contributed by atoms with E-state index in [1.54, 1.807) is 16.7 Å². The van der Waals surface area contributed by atoms with Crippen molar-refractivity contribution >= 4 is 17.3 Å². The van der Waals surface area contributed by atoms with E-state index in [-0.39, 0.29) is 0 Å². The van der Waals surface area contributed by atoms with Gasteiger partial charge in [-0.15, -0.1) is 0 Å². The number of fused-ring (bicyclic) bond motifs is 1. The van der Waals surface area contributed by atoms with Crippen molar-refractivity contribution in [2.45, 2.75) is 44.9 Å². The first-order valence-electron chi connectivity index (χ1n) is 8.17. The second-order valence-corrected chi connectivity index (χ2v) is 7.29. The van der Waals surface area contributed by atoms with E-state index in [1.807, 2.05) is 11.8 Å². The molecule has 0 bridgehead atoms. The molecule has 20 heavy (non-hydrogen) atoms. The van der Waals surface area contributed by atoms with Gasteiger partial charge in [-0.05, 0) is 66.2 Å². The van der Waals surface area contributed by atoms with Gasteiger partial charge in [0.2, 0.25) is 0 Å². The van der Waals surface area contributed by atoms with Crippen molar-refractivity contribution in [3.05, 3.63) is 41.5 Å². The summed E-state index contributed by atoms with van der Waals surface area (Å²) in [4.78, 5) is 0. The highest BCUT2D eigenvalue weighted by molar-refractivity contribution is 7.98. The van der Waals surface area contributed by atoms with Crippen molar-refractivity contribution in [2.24, 2.45) is 11.8 Å². The summed E-state index contributed by atoms with van der Waals surface area (Å²) in [6, 6.07) is 9.06. The van der Waals surface area contributed by atoms with Crippen LogP contribution in [0.15, 0.2) is 30.3 Å². The van der Waals surface area contributed by atoms with Crippen LogP contribution >= 0.6 is 11.8 Å². The van der Waals surface area contributed by atoms with Gasteiger partial charge >= 0.3 is 0 Å². The van der Waals surface area contributed by atoms with Gasteiger partial charge in [0, 0.05) is 0 Å². The summed E-state index contributed by atoms with van der Waals surface area (Å²) in [6.07, 6.45) is 14.6. The summed E-state index contributed by atoms with van der Waals surface area (Å²) < 4.78 is 0. The van der Waals surface area contributed by atoms with Crippen LogP contribution in [0.2, 0.25) is 0 Å². The van der Waals surface area contributed by atoms with Crippen LogP contribution in [-0.4, -0.2) is 12.0 Å². The zero-order chi connectivity index (χ0) is 13.8. The summed E-state index contributed by atoms with van der Waals surface area (Å²) in [5, 5.41) is 0. The van der Waals surface area contributed by atoms with Gasteiger partial charge in [-0.25, -0.2) is 0 Å². The number of allylic oxidation sites excluding steroid dienone is 2. The molecule has 0 amide bonds. The van der Waals surface area contributed by atoms with E-state index in [1.165, 1.54) is 44.3 Å². The lowest BCUT2D eigenvalue weighted by atomic mass is 9.74. The molecular weight excluding hydrogens is 260 g/mol. The van der Waals surface area contributed by atoms with E-state index in [2.05, 4.69) is 36.6 Å². The van der Waals surface area contributed by atoms with E-state index in [0.29, 0.717) is 0 Å². The molecule has 0 aliphatic heterocycles. The SMILES string of the molecule is CSCCC(C1=CCc2ccccc21)C1CCCCC1. The number of hydrogen-bond donors (Lipinski definition) is 0. The van der Waals surface area contributed by atoms with Gasteiger partial charge in [-0.2, -0.15) is 11.8 Å². The van der Waals surface area contributed by atoms with E-state index < -0.39 is 0 Å². The van der Waals surface area contributed by atoms with Gasteiger partial charge in [0.25, 0.3) is 0 Å². The van der Waals surface area contributed by atoms with Crippen LogP contribution in [0, 0.1) is 11.8 Å². The van der Waals surface area contributed by atoms with E-state index in [0.717, 1.165) is 18.3 Å². The topological polar surface area (TPSA) is 0 Å². The maximum Gasteiger partial charge on any atom is -0.00644 e. The smallest absolute Gasteiger partial charge is 0.00644 e. The zero-order valence-corrected chi connectivity index (χ0v) is 13.4. The lowest BCUT2D eigenvalue weighted by molar-refractivity contribution is 0.289. The maximum atomic E-state index is 2.53. The van der Waals surface area contributed by atoms with Crippen molar-refractivity contribution in [3.8, 4) is 0 Å². The molecule has 3 rings (SSSR count). The fraction of sp³-hybridized carbons (Fsp3) is 0.579. The van der Waals surface area contributed by atoms with Gasteiger partial charge in [-0.1, -0.05) is 49.6 Å². The van der Waals surface area contributed by atoms with Gasteiger partial charge in [0.05, 0.1) is 0 Å². The highest BCUT2D eigenvalue weighted by Crippen LogP contribution is 2.43. The van der Waals surface area contributed by atoms with Crippen molar-refractivity contribution in [2.75, 3.05) is 12.0 Å². The average molecular weight is 286 g/mol. The quantitative estimate of drug-likeness (QED) is 0.681. The van der Waals surface area contributed by atoms with Crippen molar-refractivity contribution < 1.29 is 0 Å². The van der Waals surface area contributed by atoms with Crippen LogP contribution in [0.1, 0.15) is 49.7 Å². The van der Waals surface area contributed by atoms with Crippen LogP contribution in [0.4, 0.5) is 0 Å². The molecule has 0 spiro atoms. The molecule has 2 aliphatic carbocycles. The number of rotatable bonds is 5. The molecule has 1 heteroatoms. The normalized spacial score (nSPS) is 20.6. The Kier molecular flexibility index (Phi) is 4.88. The summed E-state index contributed by atoms with van der Waals surface area (Å²) in [6.45, 7) is 0. The van der Waals surface area contributed by atoms with Crippen LogP contribution < -0.4 is 0 Å². The zero-order valence-electron chi connectivity index (χ0n) is 12.6.